The van der Waals surface area contributed by atoms with E-state index in [-0.39, 0.29) is 6.61 Å². The van der Waals surface area contributed by atoms with Crippen LogP contribution < -0.4 is 0 Å². The Hall–Kier alpha value is -1.92. The second kappa shape index (κ2) is 6.73. The van der Waals surface area contributed by atoms with Crippen molar-refractivity contribution in [2.24, 2.45) is 0 Å². The fourth-order valence-corrected chi connectivity index (χ4v) is 1.29. The van der Waals surface area contributed by atoms with Gasteiger partial charge in [0.1, 0.15) is 0 Å². The lowest BCUT2D eigenvalue weighted by atomic mass is 10.2. The van der Waals surface area contributed by atoms with Crippen molar-refractivity contribution in [2.75, 3.05) is 7.11 Å². The van der Waals surface area contributed by atoms with Crippen LogP contribution in [0.5, 0.6) is 0 Å². The predicted octanol–water partition coefficient (Wildman–Crippen LogP) is 0.190. The summed E-state index contributed by atoms with van der Waals surface area (Å²) in [6.07, 6.45) is -3.51. The van der Waals surface area contributed by atoms with Crippen LogP contribution in [0.1, 0.15) is 5.56 Å². The number of ether oxygens (including phenoxy) is 2. The van der Waals surface area contributed by atoms with Crippen LogP contribution in [-0.4, -0.2) is 41.5 Å². The topological polar surface area (TPSA) is 93.1 Å². The number of rotatable bonds is 6. The van der Waals surface area contributed by atoms with Gasteiger partial charge in [-0.1, -0.05) is 30.3 Å². The molecule has 2 N–H and O–H groups in total. The average molecular weight is 254 g/mol. The van der Waals surface area contributed by atoms with Crippen LogP contribution in [0.4, 0.5) is 0 Å². The van der Waals surface area contributed by atoms with E-state index in [1.54, 1.807) is 24.3 Å². The smallest absolute Gasteiger partial charge is 0.338 e. The maximum atomic E-state index is 11.3. The summed E-state index contributed by atoms with van der Waals surface area (Å²) in [6, 6.07) is 8.87. The average Bonchev–Trinajstić information content (AvgIpc) is 2.39. The number of hydrogen-bond donors (Lipinski definition) is 2. The van der Waals surface area contributed by atoms with E-state index in [0.29, 0.717) is 0 Å². The number of esters is 1. The van der Waals surface area contributed by atoms with Crippen LogP contribution in [0.15, 0.2) is 30.3 Å². The summed E-state index contributed by atoms with van der Waals surface area (Å²) < 4.78 is 9.48. The molecule has 2 atom stereocenters. The number of carboxylic acid groups (broad SMARTS) is 1. The van der Waals surface area contributed by atoms with E-state index < -0.39 is 24.1 Å². The molecule has 0 aliphatic rings. The predicted molar refractivity (Wildman–Crippen MR) is 60.7 cm³/mol. The summed E-state index contributed by atoms with van der Waals surface area (Å²) >= 11 is 0. The van der Waals surface area contributed by atoms with Crippen LogP contribution in [0.3, 0.4) is 0 Å². The standard InChI is InChI=1S/C12H14O6/c1-17-12(16)10(9(13)11(14)15)18-7-8-5-3-2-4-6-8/h2-6,9-10,13H,7H2,1H3,(H,14,15)/t9-,10-/m0/s1. The van der Waals surface area contributed by atoms with Crippen molar-refractivity contribution in [2.45, 2.75) is 18.8 Å². The number of benzene rings is 1. The summed E-state index contributed by atoms with van der Waals surface area (Å²) in [5.74, 6) is -2.47. The molecule has 0 aliphatic heterocycles. The largest absolute Gasteiger partial charge is 0.479 e. The first-order chi connectivity index (χ1) is 8.56. The van der Waals surface area contributed by atoms with Crippen molar-refractivity contribution < 1.29 is 29.3 Å². The number of aliphatic carboxylic acids is 1. The zero-order valence-electron chi connectivity index (χ0n) is 9.78. The Morgan fingerprint density at radius 1 is 1.28 bits per heavy atom. The van der Waals surface area contributed by atoms with Gasteiger partial charge in [-0.2, -0.15) is 0 Å². The van der Waals surface area contributed by atoms with E-state index in [1.165, 1.54) is 0 Å². The van der Waals surface area contributed by atoms with Gasteiger partial charge in [-0.05, 0) is 5.56 Å². The van der Waals surface area contributed by atoms with Gasteiger partial charge in [-0.15, -0.1) is 0 Å². The Morgan fingerprint density at radius 3 is 2.39 bits per heavy atom. The summed E-state index contributed by atoms with van der Waals surface area (Å²) in [5.41, 5.74) is 0.754. The number of hydrogen-bond acceptors (Lipinski definition) is 5. The van der Waals surface area contributed by atoms with Gasteiger partial charge in [0.25, 0.3) is 0 Å². The van der Waals surface area contributed by atoms with Crippen molar-refractivity contribution in [3.05, 3.63) is 35.9 Å². The molecule has 1 aromatic rings. The van der Waals surface area contributed by atoms with Crippen LogP contribution in [0.2, 0.25) is 0 Å². The highest BCUT2D eigenvalue weighted by atomic mass is 16.6. The van der Waals surface area contributed by atoms with Gasteiger partial charge in [-0.25, -0.2) is 9.59 Å². The van der Waals surface area contributed by atoms with Crippen molar-refractivity contribution >= 4 is 11.9 Å². The Labute approximate surface area is 104 Å². The number of carbonyl (C=O) groups excluding carboxylic acids is 1. The summed E-state index contributed by atoms with van der Waals surface area (Å²) in [7, 11) is 1.09. The SMILES string of the molecule is COC(=O)[C@@H](OCc1ccccc1)[C@H](O)C(=O)O. The molecule has 18 heavy (non-hydrogen) atoms. The molecular weight excluding hydrogens is 240 g/mol. The summed E-state index contributed by atoms with van der Waals surface area (Å²) in [5, 5.41) is 18.0. The molecule has 1 rings (SSSR count). The van der Waals surface area contributed by atoms with E-state index in [4.69, 9.17) is 9.84 Å². The summed E-state index contributed by atoms with van der Waals surface area (Å²) in [4.78, 5) is 21.9. The number of methoxy groups -OCH3 is 1. The van der Waals surface area contributed by atoms with Gasteiger partial charge in [0.2, 0.25) is 0 Å². The molecule has 0 unspecified atom stereocenters. The van der Waals surface area contributed by atoms with Crippen molar-refractivity contribution in [3.63, 3.8) is 0 Å². The molecule has 1 aromatic carbocycles. The quantitative estimate of drug-likeness (QED) is 0.704. The van der Waals surface area contributed by atoms with Crippen molar-refractivity contribution in [1.29, 1.82) is 0 Å². The van der Waals surface area contributed by atoms with Crippen molar-refractivity contribution in [1.82, 2.24) is 0 Å². The van der Waals surface area contributed by atoms with E-state index >= 15 is 0 Å². The molecular formula is C12H14O6. The molecule has 0 radical (unpaired) electrons. The third kappa shape index (κ3) is 3.83. The summed E-state index contributed by atoms with van der Waals surface area (Å²) in [6.45, 7) is 0.00491. The van der Waals surface area contributed by atoms with E-state index in [9.17, 15) is 14.7 Å². The monoisotopic (exact) mass is 254 g/mol. The number of carboxylic acids is 1. The highest BCUT2D eigenvalue weighted by molar-refractivity contribution is 5.84. The molecule has 0 spiro atoms. The van der Waals surface area contributed by atoms with Gasteiger partial charge >= 0.3 is 11.9 Å². The maximum Gasteiger partial charge on any atom is 0.338 e. The number of carbonyl (C=O) groups is 2. The van der Waals surface area contributed by atoms with Gasteiger partial charge < -0.3 is 19.7 Å². The van der Waals surface area contributed by atoms with Crippen molar-refractivity contribution in [3.8, 4) is 0 Å². The molecule has 6 heteroatoms. The fourth-order valence-electron chi connectivity index (χ4n) is 1.29. The Kier molecular flexibility index (Phi) is 5.29. The second-order valence-electron chi connectivity index (χ2n) is 3.52. The number of aliphatic hydroxyl groups is 1. The first-order valence-electron chi connectivity index (χ1n) is 5.20. The minimum Gasteiger partial charge on any atom is -0.479 e. The van der Waals surface area contributed by atoms with Crippen LogP contribution >= 0.6 is 0 Å². The molecule has 0 saturated heterocycles. The van der Waals surface area contributed by atoms with Crippen LogP contribution in [0, 0.1) is 0 Å². The Morgan fingerprint density at radius 2 is 1.89 bits per heavy atom. The lowest BCUT2D eigenvalue weighted by Crippen LogP contribution is -2.42. The fraction of sp³-hybridized carbons (Fsp3) is 0.333. The van der Waals surface area contributed by atoms with Gasteiger partial charge in [-0.3, -0.25) is 0 Å². The van der Waals surface area contributed by atoms with Crippen LogP contribution in [-0.2, 0) is 25.7 Å². The lowest BCUT2D eigenvalue weighted by molar-refractivity contribution is -0.174. The van der Waals surface area contributed by atoms with Crippen LogP contribution in [0.25, 0.3) is 0 Å². The third-order valence-electron chi connectivity index (χ3n) is 2.25. The molecule has 6 nitrogen and oxygen atoms in total. The second-order valence-corrected chi connectivity index (χ2v) is 3.52. The van der Waals surface area contributed by atoms with Gasteiger partial charge in [0.05, 0.1) is 13.7 Å². The third-order valence-corrected chi connectivity index (χ3v) is 2.25. The molecule has 0 fully saturated rings. The number of aliphatic hydroxyl groups excluding tert-OH is 1. The molecule has 0 saturated carbocycles. The van der Waals surface area contributed by atoms with E-state index in [0.717, 1.165) is 12.7 Å². The zero-order chi connectivity index (χ0) is 13.5. The lowest BCUT2D eigenvalue weighted by Gasteiger charge is -2.18. The first kappa shape index (κ1) is 14.1. The van der Waals surface area contributed by atoms with Gasteiger partial charge in [0.15, 0.2) is 12.2 Å². The van der Waals surface area contributed by atoms with Gasteiger partial charge in [0, 0.05) is 0 Å². The highest BCUT2D eigenvalue weighted by Crippen LogP contribution is 2.08. The first-order valence-corrected chi connectivity index (χ1v) is 5.20. The minimum absolute atomic E-state index is 0.00491. The molecule has 0 aromatic heterocycles. The van der Waals surface area contributed by atoms with E-state index in [1.807, 2.05) is 6.07 Å². The molecule has 0 heterocycles. The molecule has 0 bridgehead atoms. The molecule has 0 amide bonds. The Balaban J connectivity index is 2.68. The van der Waals surface area contributed by atoms with E-state index in [2.05, 4.69) is 4.74 Å². The zero-order valence-corrected chi connectivity index (χ0v) is 9.78. The highest BCUT2D eigenvalue weighted by Gasteiger charge is 2.33. The normalized spacial score (nSPS) is 13.7. The maximum absolute atomic E-state index is 11.3. The molecule has 98 valence electrons. The minimum atomic E-state index is -1.96. The Bertz CT molecular complexity index is 402. The molecule has 0 aliphatic carbocycles.